The van der Waals surface area contributed by atoms with Gasteiger partial charge in [-0.25, -0.2) is 0 Å². The van der Waals surface area contributed by atoms with Crippen molar-refractivity contribution >= 4 is 17.4 Å². The Kier molecular flexibility index (Phi) is 1.69. The van der Waals surface area contributed by atoms with Crippen LogP contribution in [0.1, 0.15) is 0 Å². The van der Waals surface area contributed by atoms with Gasteiger partial charge in [-0.1, -0.05) is 11.6 Å². The van der Waals surface area contributed by atoms with Crippen LogP contribution in [0, 0.1) is 4.91 Å². The Morgan fingerprint density at radius 3 is 2.67 bits per heavy atom. The maximum atomic E-state index is 9.72. The molecule has 0 spiro atoms. The molecule has 0 amide bonds. The van der Waals surface area contributed by atoms with Crippen molar-refractivity contribution in [2.75, 3.05) is 0 Å². The minimum absolute atomic E-state index is 0.0411. The standard InChI is InChI=1S/C4H2ClN3O/c5-3-1-2-4(8-9)7-6-3/h1-2H. The minimum Gasteiger partial charge on any atom is -0.143 e. The lowest BCUT2D eigenvalue weighted by atomic mass is 10.5. The SMILES string of the molecule is O=Nc1ccc(Cl)nn1. The smallest absolute Gasteiger partial charge is 0.143 e. The molecule has 0 fully saturated rings. The van der Waals surface area contributed by atoms with Crippen LogP contribution in [0.5, 0.6) is 0 Å². The average Bonchev–Trinajstić information content (AvgIpc) is 1.90. The summed E-state index contributed by atoms with van der Waals surface area (Å²) in [5.41, 5.74) is 0. The van der Waals surface area contributed by atoms with Crippen LogP contribution in [0.4, 0.5) is 5.82 Å². The fourth-order valence-electron chi connectivity index (χ4n) is 0.358. The summed E-state index contributed by atoms with van der Waals surface area (Å²) in [5, 5.41) is 9.49. The van der Waals surface area contributed by atoms with Crippen molar-refractivity contribution in [3.05, 3.63) is 22.2 Å². The third-order valence-electron chi connectivity index (χ3n) is 0.711. The Morgan fingerprint density at radius 1 is 1.44 bits per heavy atom. The van der Waals surface area contributed by atoms with Crippen LogP contribution in [0.2, 0.25) is 5.15 Å². The second kappa shape index (κ2) is 2.50. The predicted octanol–water partition coefficient (Wildman–Crippen LogP) is 1.53. The van der Waals surface area contributed by atoms with Gasteiger partial charge in [0.15, 0.2) is 5.15 Å². The molecule has 0 aliphatic heterocycles. The molecule has 5 heteroatoms. The molecule has 0 unspecified atom stereocenters. The molecule has 1 rings (SSSR count). The first-order valence-electron chi connectivity index (χ1n) is 2.15. The molecule has 1 heterocycles. The topological polar surface area (TPSA) is 55.2 Å². The lowest BCUT2D eigenvalue weighted by Crippen LogP contribution is -1.78. The van der Waals surface area contributed by atoms with Crippen LogP contribution < -0.4 is 0 Å². The van der Waals surface area contributed by atoms with Crippen LogP contribution in [0.3, 0.4) is 0 Å². The molecule has 0 aliphatic rings. The van der Waals surface area contributed by atoms with E-state index in [1.54, 1.807) is 0 Å². The van der Waals surface area contributed by atoms with E-state index >= 15 is 0 Å². The first-order chi connectivity index (χ1) is 4.33. The van der Waals surface area contributed by atoms with E-state index in [1.807, 2.05) is 0 Å². The van der Waals surface area contributed by atoms with Gasteiger partial charge in [0, 0.05) is 0 Å². The summed E-state index contributed by atoms with van der Waals surface area (Å²) in [5.74, 6) is 0.0411. The fraction of sp³-hybridized carbons (Fsp3) is 0. The first kappa shape index (κ1) is 6.10. The molecule has 0 radical (unpaired) electrons. The van der Waals surface area contributed by atoms with Gasteiger partial charge in [-0.15, -0.1) is 15.1 Å². The Labute approximate surface area is 55.8 Å². The first-order valence-corrected chi connectivity index (χ1v) is 2.53. The van der Waals surface area contributed by atoms with Gasteiger partial charge in [0.05, 0.1) is 0 Å². The number of nitroso groups, excluding NO2 is 1. The number of hydrogen-bond acceptors (Lipinski definition) is 4. The van der Waals surface area contributed by atoms with Crippen molar-refractivity contribution in [3.63, 3.8) is 0 Å². The number of aromatic nitrogens is 2. The number of nitrogens with zero attached hydrogens (tertiary/aromatic N) is 3. The summed E-state index contributed by atoms with van der Waals surface area (Å²) in [6.07, 6.45) is 0. The van der Waals surface area contributed by atoms with Gasteiger partial charge in [0.25, 0.3) is 0 Å². The third-order valence-corrected chi connectivity index (χ3v) is 0.913. The molecular formula is C4H2ClN3O. The van der Waals surface area contributed by atoms with Crippen molar-refractivity contribution < 1.29 is 0 Å². The van der Waals surface area contributed by atoms with Gasteiger partial charge in [0.2, 0.25) is 5.82 Å². The lowest BCUT2D eigenvalue weighted by molar-refractivity contribution is 1.02. The molecule has 0 saturated carbocycles. The van der Waals surface area contributed by atoms with Crippen LogP contribution in [-0.4, -0.2) is 10.2 Å². The zero-order valence-electron chi connectivity index (χ0n) is 4.28. The zero-order chi connectivity index (χ0) is 6.69. The van der Waals surface area contributed by atoms with Crippen LogP contribution in [0.25, 0.3) is 0 Å². The highest BCUT2D eigenvalue weighted by Crippen LogP contribution is 2.07. The lowest BCUT2D eigenvalue weighted by Gasteiger charge is -1.84. The maximum Gasteiger partial charge on any atom is 0.218 e. The van der Waals surface area contributed by atoms with Gasteiger partial charge in [-0.05, 0) is 17.3 Å². The monoisotopic (exact) mass is 143 g/mol. The van der Waals surface area contributed by atoms with Gasteiger partial charge in [0.1, 0.15) is 0 Å². The van der Waals surface area contributed by atoms with E-state index in [0.29, 0.717) is 0 Å². The Balaban J connectivity index is 3.01. The second-order valence-corrected chi connectivity index (χ2v) is 1.69. The summed E-state index contributed by atoms with van der Waals surface area (Å²) in [6, 6.07) is 2.84. The molecule has 9 heavy (non-hydrogen) atoms. The third kappa shape index (κ3) is 1.43. The molecule has 1 aromatic rings. The highest BCUT2D eigenvalue weighted by molar-refractivity contribution is 6.29. The predicted molar refractivity (Wildman–Crippen MR) is 32.5 cm³/mol. The van der Waals surface area contributed by atoms with Gasteiger partial charge >= 0.3 is 0 Å². The van der Waals surface area contributed by atoms with Crippen molar-refractivity contribution in [1.29, 1.82) is 0 Å². The summed E-state index contributed by atoms with van der Waals surface area (Å²) in [4.78, 5) is 9.72. The van der Waals surface area contributed by atoms with Crippen molar-refractivity contribution in [2.24, 2.45) is 5.18 Å². The molecule has 0 N–H and O–H groups in total. The van der Waals surface area contributed by atoms with E-state index in [9.17, 15) is 4.91 Å². The van der Waals surface area contributed by atoms with E-state index in [-0.39, 0.29) is 11.0 Å². The minimum atomic E-state index is 0.0411. The highest BCUT2D eigenvalue weighted by Gasteiger charge is 1.91. The molecule has 0 saturated heterocycles. The number of hydrogen-bond donors (Lipinski definition) is 0. The Morgan fingerprint density at radius 2 is 2.22 bits per heavy atom. The van der Waals surface area contributed by atoms with Crippen molar-refractivity contribution in [3.8, 4) is 0 Å². The van der Waals surface area contributed by atoms with Crippen LogP contribution in [0.15, 0.2) is 17.3 Å². The molecule has 1 aromatic heterocycles. The van der Waals surface area contributed by atoms with Crippen LogP contribution >= 0.6 is 11.6 Å². The van der Waals surface area contributed by atoms with Crippen molar-refractivity contribution in [1.82, 2.24) is 10.2 Å². The summed E-state index contributed by atoms with van der Waals surface area (Å²) < 4.78 is 0. The number of halogens is 1. The van der Waals surface area contributed by atoms with E-state index in [4.69, 9.17) is 11.6 Å². The quantitative estimate of drug-likeness (QED) is 0.560. The van der Waals surface area contributed by atoms with E-state index in [0.717, 1.165) is 0 Å². The zero-order valence-corrected chi connectivity index (χ0v) is 5.04. The molecule has 0 bridgehead atoms. The second-order valence-electron chi connectivity index (χ2n) is 1.31. The summed E-state index contributed by atoms with van der Waals surface area (Å²) >= 11 is 5.35. The van der Waals surface area contributed by atoms with E-state index in [1.165, 1.54) is 12.1 Å². The summed E-state index contributed by atoms with van der Waals surface area (Å²) in [7, 11) is 0. The Bertz CT molecular complexity index is 210. The molecule has 46 valence electrons. The maximum absolute atomic E-state index is 9.72. The normalized spacial score (nSPS) is 9.00. The molecule has 0 aromatic carbocycles. The summed E-state index contributed by atoms with van der Waals surface area (Å²) in [6.45, 7) is 0. The molecular weight excluding hydrogens is 142 g/mol. The van der Waals surface area contributed by atoms with Gasteiger partial charge in [-0.3, -0.25) is 0 Å². The molecule has 4 nitrogen and oxygen atoms in total. The average molecular weight is 144 g/mol. The largest absolute Gasteiger partial charge is 0.218 e. The molecule has 0 aliphatic carbocycles. The van der Waals surface area contributed by atoms with E-state index < -0.39 is 0 Å². The molecule has 0 atom stereocenters. The number of rotatable bonds is 1. The van der Waals surface area contributed by atoms with Gasteiger partial charge in [-0.2, -0.15) is 0 Å². The Hall–Kier alpha value is -1.03. The van der Waals surface area contributed by atoms with Gasteiger partial charge < -0.3 is 0 Å². The van der Waals surface area contributed by atoms with E-state index in [2.05, 4.69) is 15.4 Å². The highest BCUT2D eigenvalue weighted by atomic mass is 35.5. The fourth-order valence-corrected chi connectivity index (χ4v) is 0.458. The van der Waals surface area contributed by atoms with Crippen LogP contribution in [-0.2, 0) is 0 Å². The van der Waals surface area contributed by atoms with Crippen molar-refractivity contribution in [2.45, 2.75) is 0 Å².